The number of thiazole rings is 1. The van der Waals surface area contributed by atoms with Gasteiger partial charge in [0, 0.05) is 49.3 Å². The van der Waals surface area contributed by atoms with E-state index in [1.807, 2.05) is 23.7 Å². The third-order valence-electron chi connectivity index (χ3n) is 5.05. The van der Waals surface area contributed by atoms with Crippen molar-refractivity contribution < 1.29 is 4.74 Å². The first kappa shape index (κ1) is 17.8. The topological polar surface area (TPSA) is 99.2 Å². The van der Waals surface area contributed by atoms with Gasteiger partial charge in [-0.05, 0) is 6.07 Å². The largest absolute Gasteiger partial charge is 0.481 e. The molecule has 0 unspecified atom stereocenters. The van der Waals surface area contributed by atoms with Gasteiger partial charge in [0.25, 0.3) is 5.56 Å². The molecule has 0 aliphatic carbocycles. The Bertz CT molecular complexity index is 1320. The summed E-state index contributed by atoms with van der Waals surface area (Å²) in [6, 6.07) is 3.69. The molecule has 0 radical (unpaired) electrons. The number of nitrogens with zero attached hydrogens (tertiary/aromatic N) is 6. The highest BCUT2D eigenvalue weighted by molar-refractivity contribution is 7.19. The highest BCUT2D eigenvalue weighted by Crippen LogP contribution is 2.31. The summed E-state index contributed by atoms with van der Waals surface area (Å²) in [6.45, 7) is 1.17. The Kier molecular flexibility index (Phi) is 4.27. The fraction of sp³-hybridized carbons (Fsp3) is 0.316. The Morgan fingerprint density at radius 2 is 2.28 bits per heavy atom. The smallest absolute Gasteiger partial charge is 0.291 e. The molecule has 0 bridgehead atoms. The highest BCUT2D eigenvalue weighted by atomic mass is 32.1. The number of methoxy groups -OCH3 is 1. The SMILES string of the molecule is COc1ncccc1Cn1ncc2c3sc(CC4=NNCC4)nc3n(C)c2c1=O. The average Bonchev–Trinajstić information content (AvgIpc) is 3.44. The van der Waals surface area contributed by atoms with Crippen LogP contribution < -0.4 is 15.7 Å². The van der Waals surface area contributed by atoms with Crippen LogP contribution in [0.2, 0.25) is 0 Å². The lowest BCUT2D eigenvalue weighted by Crippen LogP contribution is -2.24. The normalized spacial score (nSPS) is 13.8. The summed E-state index contributed by atoms with van der Waals surface area (Å²) in [7, 11) is 3.44. The maximum atomic E-state index is 13.2. The summed E-state index contributed by atoms with van der Waals surface area (Å²) in [5, 5.41) is 10.5. The van der Waals surface area contributed by atoms with Crippen LogP contribution >= 0.6 is 11.3 Å². The van der Waals surface area contributed by atoms with Crippen molar-refractivity contribution in [3.8, 4) is 5.88 Å². The van der Waals surface area contributed by atoms with Gasteiger partial charge in [-0.3, -0.25) is 4.79 Å². The maximum Gasteiger partial charge on any atom is 0.291 e. The first-order valence-electron chi connectivity index (χ1n) is 9.26. The van der Waals surface area contributed by atoms with Crippen LogP contribution in [0.3, 0.4) is 0 Å². The van der Waals surface area contributed by atoms with E-state index in [2.05, 4.69) is 20.6 Å². The third kappa shape index (κ3) is 2.96. The van der Waals surface area contributed by atoms with Gasteiger partial charge in [0.05, 0.1) is 24.6 Å². The van der Waals surface area contributed by atoms with Gasteiger partial charge >= 0.3 is 0 Å². The number of ether oxygens (including phenoxy) is 1. The van der Waals surface area contributed by atoms with Crippen molar-refractivity contribution >= 4 is 38.3 Å². The zero-order valence-electron chi connectivity index (χ0n) is 16.0. The predicted molar refractivity (Wildman–Crippen MR) is 112 cm³/mol. The average molecular weight is 409 g/mol. The van der Waals surface area contributed by atoms with Gasteiger partial charge in [-0.1, -0.05) is 6.07 Å². The molecule has 4 aromatic heterocycles. The second-order valence-electron chi connectivity index (χ2n) is 6.87. The highest BCUT2D eigenvalue weighted by Gasteiger charge is 2.20. The van der Waals surface area contributed by atoms with E-state index in [4.69, 9.17) is 9.72 Å². The van der Waals surface area contributed by atoms with Crippen molar-refractivity contribution in [3.63, 3.8) is 0 Å². The molecule has 29 heavy (non-hydrogen) atoms. The molecule has 5 rings (SSSR count). The fourth-order valence-electron chi connectivity index (χ4n) is 3.64. The number of hydrogen-bond acceptors (Lipinski definition) is 8. The number of aryl methyl sites for hydroxylation is 1. The van der Waals surface area contributed by atoms with Crippen molar-refractivity contribution in [1.82, 2.24) is 29.7 Å². The number of hydrazone groups is 1. The molecule has 10 heteroatoms. The van der Waals surface area contributed by atoms with E-state index in [-0.39, 0.29) is 12.1 Å². The number of nitrogens with one attached hydrogen (secondary N) is 1. The number of hydrogen-bond donors (Lipinski definition) is 1. The molecular formula is C19H19N7O2S. The van der Waals surface area contributed by atoms with E-state index >= 15 is 0 Å². The lowest BCUT2D eigenvalue weighted by molar-refractivity contribution is 0.389. The molecular weight excluding hydrogens is 390 g/mol. The number of aromatic nitrogens is 5. The molecule has 1 N–H and O–H groups in total. The van der Waals surface area contributed by atoms with Crippen molar-refractivity contribution in [2.24, 2.45) is 12.1 Å². The zero-order valence-corrected chi connectivity index (χ0v) is 16.9. The van der Waals surface area contributed by atoms with Gasteiger partial charge in [-0.25, -0.2) is 14.6 Å². The summed E-state index contributed by atoms with van der Waals surface area (Å²) in [5.74, 6) is 0.491. The molecule has 5 heterocycles. The van der Waals surface area contributed by atoms with Gasteiger partial charge in [0.1, 0.15) is 10.5 Å². The quantitative estimate of drug-likeness (QED) is 0.539. The fourth-order valence-corrected chi connectivity index (χ4v) is 4.78. The minimum atomic E-state index is -0.160. The molecule has 0 saturated heterocycles. The summed E-state index contributed by atoms with van der Waals surface area (Å²) in [4.78, 5) is 22.1. The minimum absolute atomic E-state index is 0.160. The van der Waals surface area contributed by atoms with E-state index in [0.717, 1.165) is 51.4 Å². The van der Waals surface area contributed by atoms with Gasteiger partial charge in [-0.15, -0.1) is 11.3 Å². The van der Waals surface area contributed by atoms with Crippen LogP contribution in [0.1, 0.15) is 17.0 Å². The van der Waals surface area contributed by atoms with Crippen LogP contribution in [0.5, 0.6) is 5.88 Å². The van der Waals surface area contributed by atoms with Crippen LogP contribution in [0.4, 0.5) is 0 Å². The Balaban J connectivity index is 1.57. The standard InChI is InChI=1S/C19H19N7O2S/c1-25-15-13(16-17(25)23-14(29-16)8-12-5-7-21-24-12)9-22-26(19(15)27)10-11-4-3-6-20-18(11)28-2/h3-4,6,9,21H,5,7-8,10H2,1-2H3. The second kappa shape index (κ2) is 6.96. The third-order valence-corrected chi connectivity index (χ3v) is 6.13. The van der Waals surface area contributed by atoms with Crippen LogP contribution in [0.25, 0.3) is 21.3 Å². The molecule has 4 aromatic rings. The van der Waals surface area contributed by atoms with Crippen molar-refractivity contribution in [1.29, 1.82) is 0 Å². The number of rotatable bonds is 5. The van der Waals surface area contributed by atoms with Gasteiger partial charge < -0.3 is 14.7 Å². The predicted octanol–water partition coefficient (Wildman–Crippen LogP) is 1.69. The lowest BCUT2D eigenvalue weighted by Gasteiger charge is -2.08. The molecule has 1 aliphatic heterocycles. The second-order valence-corrected chi connectivity index (χ2v) is 7.96. The number of pyridine rings is 1. The van der Waals surface area contributed by atoms with Gasteiger partial charge in [0.2, 0.25) is 5.88 Å². The Hall–Kier alpha value is -3.27. The monoisotopic (exact) mass is 409 g/mol. The van der Waals surface area contributed by atoms with Gasteiger partial charge in [0.15, 0.2) is 5.65 Å². The molecule has 0 aromatic carbocycles. The van der Waals surface area contributed by atoms with E-state index in [1.54, 1.807) is 30.8 Å². The minimum Gasteiger partial charge on any atom is -0.481 e. The molecule has 0 saturated carbocycles. The van der Waals surface area contributed by atoms with Crippen molar-refractivity contribution in [3.05, 3.63) is 45.5 Å². The first-order valence-corrected chi connectivity index (χ1v) is 10.1. The molecule has 0 spiro atoms. The van der Waals surface area contributed by atoms with Crippen LogP contribution in [-0.4, -0.2) is 43.7 Å². The molecule has 9 nitrogen and oxygen atoms in total. The summed E-state index contributed by atoms with van der Waals surface area (Å²) >= 11 is 1.60. The van der Waals surface area contributed by atoms with Crippen molar-refractivity contribution in [2.45, 2.75) is 19.4 Å². The van der Waals surface area contributed by atoms with Crippen LogP contribution in [0, 0.1) is 0 Å². The van der Waals surface area contributed by atoms with E-state index in [1.165, 1.54) is 4.68 Å². The van der Waals surface area contributed by atoms with E-state index in [9.17, 15) is 4.79 Å². The van der Waals surface area contributed by atoms with Crippen molar-refractivity contribution in [2.75, 3.05) is 13.7 Å². The Morgan fingerprint density at radius 1 is 1.38 bits per heavy atom. The lowest BCUT2D eigenvalue weighted by atomic mass is 10.2. The Labute approximate surface area is 169 Å². The van der Waals surface area contributed by atoms with E-state index < -0.39 is 0 Å². The summed E-state index contributed by atoms with van der Waals surface area (Å²) < 4.78 is 9.57. The molecule has 1 aliphatic rings. The van der Waals surface area contributed by atoms with Crippen LogP contribution in [0.15, 0.2) is 34.4 Å². The zero-order chi connectivity index (χ0) is 20.0. The molecule has 0 atom stereocenters. The molecule has 0 fully saturated rings. The molecule has 148 valence electrons. The van der Waals surface area contributed by atoms with Crippen LogP contribution in [-0.2, 0) is 20.0 Å². The number of fused-ring (bicyclic) bond motifs is 3. The summed E-state index contributed by atoms with van der Waals surface area (Å²) in [6.07, 6.45) is 5.09. The molecule has 0 amide bonds. The first-order chi connectivity index (χ1) is 14.2. The maximum absolute atomic E-state index is 13.2. The summed E-state index contributed by atoms with van der Waals surface area (Å²) in [5.41, 5.74) is 6.15. The van der Waals surface area contributed by atoms with E-state index in [0.29, 0.717) is 11.4 Å². The van der Waals surface area contributed by atoms with Gasteiger partial charge in [-0.2, -0.15) is 10.2 Å². The Morgan fingerprint density at radius 3 is 3.07 bits per heavy atom.